The zero-order valence-corrected chi connectivity index (χ0v) is 16.6. The largest absolute Gasteiger partial charge is 0.497 e. The molecule has 29 heavy (non-hydrogen) atoms. The van der Waals surface area contributed by atoms with Crippen molar-refractivity contribution in [2.24, 2.45) is 0 Å². The Morgan fingerprint density at radius 3 is 2.48 bits per heavy atom. The molecule has 154 valence electrons. The molecular weight excluding hydrogens is 380 g/mol. The number of carbonyl (C=O) groups excluding carboxylic acids is 2. The molecule has 0 aromatic heterocycles. The third kappa shape index (κ3) is 5.44. The summed E-state index contributed by atoms with van der Waals surface area (Å²) in [7, 11) is 3.05. The molecule has 0 saturated carbocycles. The van der Waals surface area contributed by atoms with E-state index in [9.17, 15) is 19.7 Å². The van der Waals surface area contributed by atoms with Crippen LogP contribution in [-0.2, 0) is 9.53 Å². The highest BCUT2D eigenvalue weighted by Crippen LogP contribution is 2.29. The number of esters is 1. The average molecular weight is 402 g/mol. The number of aryl methyl sites for hydroxylation is 1. The standard InChI is InChI=1S/C20H22N2O7/c1-12-5-6-14(9-17(12)22(25)26)20(24)29-11-19(23)21-13(2)16-10-15(27-3)7-8-18(16)28-4/h5-10,13H,11H2,1-4H3,(H,21,23)/t13-/m1/s1. The molecule has 2 rings (SSSR count). The molecule has 0 radical (unpaired) electrons. The number of ether oxygens (including phenoxy) is 3. The molecule has 0 heterocycles. The molecule has 1 atom stereocenters. The van der Waals surface area contributed by atoms with Crippen LogP contribution >= 0.6 is 0 Å². The Hall–Kier alpha value is -3.62. The predicted octanol–water partition coefficient (Wildman–Crippen LogP) is 2.95. The van der Waals surface area contributed by atoms with E-state index in [1.807, 2.05) is 0 Å². The van der Waals surface area contributed by atoms with Crippen molar-refractivity contribution in [3.05, 3.63) is 63.2 Å². The number of hydrogen-bond acceptors (Lipinski definition) is 7. The van der Waals surface area contributed by atoms with E-state index < -0.39 is 29.4 Å². The summed E-state index contributed by atoms with van der Waals surface area (Å²) in [6.45, 7) is 2.78. The van der Waals surface area contributed by atoms with Crippen molar-refractivity contribution >= 4 is 17.6 Å². The van der Waals surface area contributed by atoms with E-state index in [0.29, 0.717) is 22.6 Å². The summed E-state index contributed by atoms with van der Waals surface area (Å²) in [6, 6.07) is 8.74. The van der Waals surface area contributed by atoms with Crippen molar-refractivity contribution in [3.8, 4) is 11.5 Å². The van der Waals surface area contributed by atoms with Gasteiger partial charge in [-0.15, -0.1) is 0 Å². The number of methoxy groups -OCH3 is 2. The molecule has 1 amide bonds. The maximum atomic E-state index is 12.2. The van der Waals surface area contributed by atoms with Crippen molar-refractivity contribution in [2.75, 3.05) is 20.8 Å². The maximum absolute atomic E-state index is 12.2. The second kappa shape index (κ2) is 9.54. The van der Waals surface area contributed by atoms with E-state index in [-0.39, 0.29) is 11.3 Å². The van der Waals surface area contributed by atoms with E-state index in [0.717, 1.165) is 6.07 Å². The fourth-order valence-electron chi connectivity index (χ4n) is 2.69. The number of amides is 1. The van der Waals surface area contributed by atoms with E-state index >= 15 is 0 Å². The Morgan fingerprint density at radius 1 is 1.14 bits per heavy atom. The van der Waals surface area contributed by atoms with Gasteiger partial charge in [0.2, 0.25) is 0 Å². The van der Waals surface area contributed by atoms with Crippen molar-refractivity contribution in [3.63, 3.8) is 0 Å². The number of hydrogen-bond donors (Lipinski definition) is 1. The number of nitrogens with one attached hydrogen (secondary N) is 1. The Labute approximate surface area is 167 Å². The number of nitrogens with zero attached hydrogens (tertiary/aromatic N) is 1. The summed E-state index contributed by atoms with van der Waals surface area (Å²) in [4.78, 5) is 34.7. The van der Waals surface area contributed by atoms with Gasteiger partial charge in [0.1, 0.15) is 11.5 Å². The molecule has 0 spiro atoms. The first-order valence-corrected chi connectivity index (χ1v) is 8.70. The van der Waals surface area contributed by atoms with Crippen LogP contribution in [0.2, 0.25) is 0 Å². The van der Waals surface area contributed by atoms with Crippen molar-refractivity contribution < 1.29 is 28.7 Å². The van der Waals surface area contributed by atoms with Crippen LogP contribution in [0.25, 0.3) is 0 Å². The smallest absolute Gasteiger partial charge is 0.338 e. The van der Waals surface area contributed by atoms with Crippen LogP contribution in [0.1, 0.15) is 34.5 Å². The fourth-order valence-corrected chi connectivity index (χ4v) is 2.69. The Bertz CT molecular complexity index is 927. The number of rotatable bonds is 8. The van der Waals surface area contributed by atoms with Crippen LogP contribution in [0, 0.1) is 17.0 Å². The molecule has 0 aliphatic rings. The minimum absolute atomic E-state index is 0.00221. The fraction of sp³-hybridized carbons (Fsp3) is 0.300. The Kier molecular flexibility index (Phi) is 7.13. The van der Waals surface area contributed by atoms with Gasteiger partial charge in [0.15, 0.2) is 6.61 Å². The van der Waals surface area contributed by atoms with E-state index in [4.69, 9.17) is 14.2 Å². The summed E-state index contributed by atoms with van der Waals surface area (Å²) in [5.41, 5.74) is 0.922. The molecule has 0 unspecified atom stereocenters. The van der Waals surface area contributed by atoms with Gasteiger partial charge in [-0.1, -0.05) is 6.07 Å². The lowest BCUT2D eigenvalue weighted by Gasteiger charge is -2.18. The molecule has 2 aromatic rings. The van der Waals surface area contributed by atoms with Crippen LogP contribution < -0.4 is 14.8 Å². The molecule has 9 nitrogen and oxygen atoms in total. The van der Waals surface area contributed by atoms with Gasteiger partial charge in [0, 0.05) is 17.2 Å². The lowest BCUT2D eigenvalue weighted by molar-refractivity contribution is -0.385. The number of nitro benzene ring substituents is 1. The number of nitro groups is 1. The normalized spacial score (nSPS) is 11.3. The SMILES string of the molecule is COc1ccc(OC)c([C@@H](C)NC(=O)COC(=O)c2ccc(C)c([N+](=O)[O-])c2)c1. The quantitative estimate of drug-likeness (QED) is 0.410. The summed E-state index contributed by atoms with van der Waals surface area (Å²) in [5, 5.41) is 13.7. The molecule has 0 aliphatic carbocycles. The van der Waals surface area contributed by atoms with Gasteiger partial charge < -0.3 is 19.5 Å². The summed E-state index contributed by atoms with van der Waals surface area (Å²) in [6.07, 6.45) is 0. The lowest BCUT2D eigenvalue weighted by Crippen LogP contribution is -2.31. The van der Waals surface area contributed by atoms with Crippen LogP contribution in [-0.4, -0.2) is 37.6 Å². The van der Waals surface area contributed by atoms with Crippen LogP contribution in [0.3, 0.4) is 0 Å². The third-order valence-corrected chi connectivity index (χ3v) is 4.26. The lowest BCUT2D eigenvalue weighted by atomic mass is 10.1. The first-order valence-electron chi connectivity index (χ1n) is 8.70. The van der Waals surface area contributed by atoms with Gasteiger partial charge in [-0.3, -0.25) is 14.9 Å². The highest BCUT2D eigenvalue weighted by molar-refractivity contribution is 5.92. The molecule has 0 aliphatic heterocycles. The molecule has 1 N–H and O–H groups in total. The second-order valence-corrected chi connectivity index (χ2v) is 6.23. The monoisotopic (exact) mass is 402 g/mol. The maximum Gasteiger partial charge on any atom is 0.338 e. The van der Waals surface area contributed by atoms with E-state index in [2.05, 4.69) is 5.32 Å². The van der Waals surface area contributed by atoms with Gasteiger partial charge in [-0.2, -0.15) is 0 Å². The highest BCUT2D eigenvalue weighted by Gasteiger charge is 2.19. The van der Waals surface area contributed by atoms with Crippen molar-refractivity contribution in [2.45, 2.75) is 19.9 Å². The molecular formula is C20H22N2O7. The van der Waals surface area contributed by atoms with Gasteiger partial charge in [0.05, 0.1) is 30.7 Å². The van der Waals surface area contributed by atoms with Crippen molar-refractivity contribution in [1.29, 1.82) is 0 Å². The zero-order chi connectivity index (χ0) is 21.6. The first-order chi connectivity index (χ1) is 13.8. The van der Waals surface area contributed by atoms with Gasteiger partial charge >= 0.3 is 5.97 Å². The number of benzene rings is 2. The van der Waals surface area contributed by atoms with Crippen LogP contribution in [0.5, 0.6) is 11.5 Å². The second-order valence-electron chi connectivity index (χ2n) is 6.23. The summed E-state index contributed by atoms with van der Waals surface area (Å²) < 4.78 is 15.5. The van der Waals surface area contributed by atoms with Crippen LogP contribution in [0.4, 0.5) is 5.69 Å². The van der Waals surface area contributed by atoms with Gasteiger partial charge in [-0.05, 0) is 38.1 Å². The van der Waals surface area contributed by atoms with Crippen LogP contribution in [0.15, 0.2) is 36.4 Å². The van der Waals surface area contributed by atoms with Gasteiger partial charge in [-0.25, -0.2) is 4.79 Å². The molecule has 0 bridgehead atoms. The first kappa shape index (κ1) is 21.7. The minimum atomic E-state index is -0.824. The average Bonchev–Trinajstić information content (AvgIpc) is 2.71. The molecule has 0 saturated heterocycles. The van der Waals surface area contributed by atoms with Gasteiger partial charge in [0.25, 0.3) is 11.6 Å². The Morgan fingerprint density at radius 2 is 1.86 bits per heavy atom. The predicted molar refractivity (Wildman–Crippen MR) is 104 cm³/mol. The zero-order valence-electron chi connectivity index (χ0n) is 16.6. The Balaban J connectivity index is 2.00. The molecule has 2 aromatic carbocycles. The topological polar surface area (TPSA) is 117 Å². The summed E-state index contributed by atoms with van der Waals surface area (Å²) >= 11 is 0. The third-order valence-electron chi connectivity index (χ3n) is 4.26. The summed E-state index contributed by atoms with van der Waals surface area (Å²) in [5.74, 6) is -0.177. The molecule has 0 fully saturated rings. The molecule has 9 heteroatoms. The number of carbonyl (C=O) groups is 2. The minimum Gasteiger partial charge on any atom is -0.497 e. The van der Waals surface area contributed by atoms with E-state index in [1.165, 1.54) is 26.4 Å². The van der Waals surface area contributed by atoms with E-state index in [1.54, 1.807) is 32.0 Å². The highest BCUT2D eigenvalue weighted by atomic mass is 16.6. The van der Waals surface area contributed by atoms with Crippen molar-refractivity contribution in [1.82, 2.24) is 5.32 Å².